The van der Waals surface area contributed by atoms with Gasteiger partial charge in [0.25, 0.3) is 11.7 Å². The Balaban J connectivity index is 1.49. The molecule has 1 aliphatic heterocycles. The lowest BCUT2D eigenvalue weighted by Crippen LogP contribution is -2.53. The Bertz CT molecular complexity index is 983. The molecule has 1 aromatic heterocycles. The summed E-state index contributed by atoms with van der Waals surface area (Å²) < 4.78 is 11.9. The van der Waals surface area contributed by atoms with Crippen LogP contribution in [0, 0.1) is 0 Å². The number of hydrogen-bond donors (Lipinski definition) is 1. The van der Waals surface area contributed by atoms with Crippen molar-refractivity contribution in [3.05, 3.63) is 70.8 Å². The molecule has 2 heterocycles. The molecule has 0 saturated heterocycles. The molecule has 0 aliphatic carbocycles. The zero-order valence-electron chi connectivity index (χ0n) is 14.3. The van der Waals surface area contributed by atoms with E-state index in [1.54, 1.807) is 24.4 Å². The van der Waals surface area contributed by atoms with Crippen LogP contribution in [-0.2, 0) is 11.2 Å². The van der Waals surface area contributed by atoms with E-state index in [1.165, 1.54) is 4.90 Å². The van der Waals surface area contributed by atoms with Crippen LogP contribution in [0.5, 0.6) is 6.08 Å². The van der Waals surface area contributed by atoms with Gasteiger partial charge in [-0.1, -0.05) is 52.3 Å². The zero-order chi connectivity index (χ0) is 18.9. The van der Waals surface area contributed by atoms with Gasteiger partial charge in [-0.2, -0.15) is 4.98 Å². The van der Waals surface area contributed by atoms with Gasteiger partial charge in [0.05, 0.1) is 0 Å². The number of hydrogen-bond acceptors (Lipinski definition) is 5. The first-order valence-corrected chi connectivity index (χ1v) is 9.32. The van der Waals surface area contributed by atoms with E-state index >= 15 is 0 Å². The summed E-state index contributed by atoms with van der Waals surface area (Å²) in [4.78, 5) is 18.4. The second-order valence-corrected chi connectivity index (χ2v) is 7.12. The molecule has 138 valence electrons. The number of ether oxygens (including phenoxy) is 1. The Hall–Kier alpha value is -2.64. The number of halogens is 1. The number of amides is 1. The summed E-state index contributed by atoms with van der Waals surface area (Å²) in [6, 6.07) is 15.0. The van der Waals surface area contributed by atoms with Gasteiger partial charge in [-0.15, -0.1) is 0 Å². The second kappa shape index (κ2) is 7.17. The number of nitrogens with zero attached hydrogens (tertiary/aromatic N) is 2. The van der Waals surface area contributed by atoms with E-state index in [2.05, 4.69) is 20.9 Å². The molecule has 0 radical (unpaired) electrons. The third-order valence-corrected chi connectivity index (χ3v) is 5.16. The van der Waals surface area contributed by atoms with E-state index in [9.17, 15) is 9.90 Å². The van der Waals surface area contributed by atoms with Crippen LogP contribution in [0.3, 0.4) is 0 Å². The summed E-state index contributed by atoms with van der Waals surface area (Å²) in [6.45, 7) is 0.414. The van der Waals surface area contributed by atoms with Crippen LogP contribution in [0.25, 0.3) is 11.1 Å². The number of carbonyl (C=O) groups is 1. The molecule has 3 aromatic rings. The average Bonchev–Trinajstić information content (AvgIpc) is 3.06. The summed E-state index contributed by atoms with van der Waals surface area (Å²) in [6.07, 6.45) is 3.90. The van der Waals surface area contributed by atoms with Crippen molar-refractivity contribution in [1.29, 1.82) is 0 Å². The molecule has 0 spiro atoms. The van der Waals surface area contributed by atoms with Crippen LogP contribution < -0.4 is 4.74 Å². The van der Waals surface area contributed by atoms with Gasteiger partial charge < -0.3 is 19.2 Å². The van der Waals surface area contributed by atoms with E-state index in [-0.39, 0.29) is 12.5 Å². The molecule has 1 unspecified atom stereocenters. The van der Waals surface area contributed by atoms with Crippen molar-refractivity contribution in [3.63, 3.8) is 0 Å². The summed E-state index contributed by atoms with van der Waals surface area (Å²) in [5, 5.41) is 10.8. The van der Waals surface area contributed by atoms with Crippen LogP contribution in [0.15, 0.2) is 69.7 Å². The summed E-state index contributed by atoms with van der Waals surface area (Å²) in [7, 11) is 0. The van der Waals surface area contributed by atoms with Crippen LogP contribution in [-0.4, -0.2) is 33.2 Å². The molecule has 0 fully saturated rings. The van der Waals surface area contributed by atoms with Crippen LogP contribution in [0.2, 0.25) is 0 Å². The Labute approximate surface area is 164 Å². The summed E-state index contributed by atoms with van der Waals surface area (Å²) in [5.74, 6) is -2.58. The summed E-state index contributed by atoms with van der Waals surface area (Å²) in [5.41, 5.74) is 2.20. The molecule has 2 aromatic carbocycles. The van der Waals surface area contributed by atoms with Crippen molar-refractivity contribution in [2.45, 2.75) is 18.6 Å². The third-order valence-electron chi connectivity index (χ3n) is 4.39. The fourth-order valence-corrected chi connectivity index (χ4v) is 3.44. The molecule has 1 atom stereocenters. The number of aliphatic hydroxyl groups is 1. The molecule has 1 N–H and O–H groups in total. The molecular formula is C20H17BrN2O4. The SMILES string of the molecule is O=C1N(CCc2ccccc2Br)C=CCC1(O)Oc1nc2ccccc2o1. The molecule has 0 bridgehead atoms. The van der Waals surface area contributed by atoms with E-state index in [0.717, 1.165) is 10.0 Å². The Morgan fingerprint density at radius 3 is 2.81 bits per heavy atom. The normalized spacial score (nSPS) is 19.6. The number of fused-ring (bicyclic) bond motifs is 1. The van der Waals surface area contributed by atoms with Gasteiger partial charge in [-0.25, -0.2) is 0 Å². The Kier molecular flexibility index (Phi) is 4.72. The predicted octanol–water partition coefficient (Wildman–Crippen LogP) is 3.65. The van der Waals surface area contributed by atoms with Crippen molar-refractivity contribution in [3.8, 4) is 6.08 Å². The Morgan fingerprint density at radius 1 is 1.22 bits per heavy atom. The number of benzene rings is 2. The topological polar surface area (TPSA) is 75.8 Å². The average molecular weight is 429 g/mol. The summed E-state index contributed by atoms with van der Waals surface area (Å²) >= 11 is 3.50. The first-order chi connectivity index (χ1) is 13.0. The molecule has 1 amide bonds. The lowest BCUT2D eigenvalue weighted by molar-refractivity contribution is -0.189. The van der Waals surface area contributed by atoms with E-state index in [0.29, 0.717) is 24.1 Å². The van der Waals surface area contributed by atoms with E-state index in [1.807, 2.05) is 36.4 Å². The van der Waals surface area contributed by atoms with E-state index < -0.39 is 11.7 Å². The van der Waals surface area contributed by atoms with Crippen molar-refractivity contribution >= 4 is 32.9 Å². The predicted molar refractivity (Wildman–Crippen MR) is 103 cm³/mol. The fraction of sp³-hybridized carbons (Fsp3) is 0.200. The third kappa shape index (κ3) is 3.61. The zero-order valence-corrected chi connectivity index (χ0v) is 15.9. The van der Waals surface area contributed by atoms with Crippen LogP contribution in [0.4, 0.5) is 0 Å². The quantitative estimate of drug-likeness (QED) is 0.627. The molecule has 4 rings (SSSR count). The number of aromatic nitrogens is 1. The lowest BCUT2D eigenvalue weighted by atomic mass is 10.1. The molecular weight excluding hydrogens is 412 g/mol. The highest BCUT2D eigenvalue weighted by Crippen LogP contribution is 2.28. The number of carbonyl (C=O) groups excluding carboxylic acids is 1. The fourth-order valence-electron chi connectivity index (χ4n) is 2.96. The van der Waals surface area contributed by atoms with Gasteiger partial charge in [0.15, 0.2) is 5.58 Å². The van der Waals surface area contributed by atoms with Gasteiger partial charge in [0, 0.05) is 23.6 Å². The standard InChI is InChI=1S/C20H17BrN2O4/c21-15-7-2-1-6-14(15)10-13-23-12-5-11-20(25,18(23)24)27-19-22-16-8-3-4-9-17(16)26-19/h1-9,12,25H,10-11,13H2. The molecule has 0 saturated carbocycles. The first-order valence-electron chi connectivity index (χ1n) is 8.53. The number of rotatable bonds is 5. The van der Waals surface area contributed by atoms with Crippen molar-refractivity contribution < 1.29 is 19.1 Å². The highest BCUT2D eigenvalue weighted by Gasteiger charge is 2.44. The maximum absolute atomic E-state index is 12.8. The minimum atomic E-state index is -2.04. The maximum Gasteiger partial charge on any atom is 0.397 e. The largest absolute Gasteiger partial charge is 0.409 e. The van der Waals surface area contributed by atoms with Gasteiger partial charge in [-0.3, -0.25) is 4.79 Å². The molecule has 7 heteroatoms. The van der Waals surface area contributed by atoms with Crippen molar-refractivity contribution in [2.75, 3.05) is 6.54 Å². The van der Waals surface area contributed by atoms with Gasteiger partial charge in [0.1, 0.15) is 5.52 Å². The van der Waals surface area contributed by atoms with Crippen molar-refractivity contribution in [1.82, 2.24) is 9.88 Å². The van der Waals surface area contributed by atoms with Gasteiger partial charge in [0.2, 0.25) is 0 Å². The minimum absolute atomic E-state index is 0.0239. The number of para-hydroxylation sites is 2. The van der Waals surface area contributed by atoms with Crippen molar-refractivity contribution in [2.24, 2.45) is 0 Å². The molecule has 27 heavy (non-hydrogen) atoms. The van der Waals surface area contributed by atoms with Crippen LogP contribution in [0.1, 0.15) is 12.0 Å². The highest BCUT2D eigenvalue weighted by atomic mass is 79.9. The van der Waals surface area contributed by atoms with E-state index in [4.69, 9.17) is 9.15 Å². The minimum Gasteiger partial charge on any atom is -0.409 e. The molecule has 1 aliphatic rings. The second-order valence-electron chi connectivity index (χ2n) is 6.26. The van der Waals surface area contributed by atoms with Gasteiger partial charge in [-0.05, 0) is 30.2 Å². The Morgan fingerprint density at radius 2 is 2.00 bits per heavy atom. The van der Waals surface area contributed by atoms with Crippen LogP contribution >= 0.6 is 15.9 Å². The smallest absolute Gasteiger partial charge is 0.397 e. The number of oxazole rings is 1. The van der Waals surface area contributed by atoms with Gasteiger partial charge >= 0.3 is 6.08 Å². The maximum atomic E-state index is 12.8. The first kappa shape index (κ1) is 17.8. The lowest BCUT2D eigenvalue weighted by Gasteiger charge is -2.33. The molecule has 6 nitrogen and oxygen atoms in total. The highest BCUT2D eigenvalue weighted by molar-refractivity contribution is 9.10. The monoisotopic (exact) mass is 428 g/mol.